The predicted octanol–water partition coefficient (Wildman–Crippen LogP) is 3.89. The molecule has 18 heavy (non-hydrogen) atoms. The molecule has 0 heterocycles. The van der Waals surface area contributed by atoms with E-state index >= 15 is 0 Å². The van der Waals surface area contributed by atoms with Crippen molar-refractivity contribution in [3.05, 3.63) is 12.8 Å². The lowest BCUT2D eigenvalue weighted by molar-refractivity contribution is -0.0660. The molecular weight excluding hydrogens is 228 g/mol. The monoisotopic (exact) mass is 250 g/mol. The molecule has 3 heteroatoms. The molecule has 4 fully saturated rings. The second kappa shape index (κ2) is 4.60. The Morgan fingerprint density at radius 1 is 1.17 bits per heavy atom. The molecular formula is C15H22O3. The van der Waals surface area contributed by atoms with E-state index in [-0.39, 0.29) is 0 Å². The van der Waals surface area contributed by atoms with Crippen LogP contribution in [0.4, 0.5) is 4.79 Å². The molecule has 0 aliphatic heterocycles. The molecule has 0 aromatic rings. The first-order valence-corrected chi connectivity index (χ1v) is 7.13. The first-order chi connectivity index (χ1) is 8.69. The number of rotatable bonds is 4. The van der Waals surface area contributed by atoms with Crippen LogP contribution in [0.15, 0.2) is 12.8 Å². The Morgan fingerprint density at radius 3 is 2.22 bits per heavy atom. The third-order valence-corrected chi connectivity index (χ3v) is 5.20. The number of carbonyl (C=O) groups excluding carboxylic acids is 1. The highest BCUT2D eigenvalue weighted by Crippen LogP contribution is 2.61. The molecule has 0 radical (unpaired) electrons. The highest BCUT2D eigenvalue weighted by atomic mass is 16.7. The first-order valence-electron chi connectivity index (χ1n) is 7.13. The number of hydrogen-bond acceptors (Lipinski definition) is 3. The number of carbonyl (C=O) groups is 1. The molecule has 100 valence electrons. The summed E-state index contributed by atoms with van der Waals surface area (Å²) in [6.07, 6.45) is 9.97. The van der Waals surface area contributed by atoms with Crippen LogP contribution in [-0.4, -0.2) is 12.8 Å². The summed E-state index contributed by atoms with van der Waals surface area (Å²) >= 11 is 0. The highest BCUT2D eigenvalue weighted by molar-refractivity contribution is 5.60. The molecule has 0 unspecified atom stereocenters. The maximum Gasteiger partial charge on any atom is 0.513 e. The molecule has 0 aromatic heterocycles. The van der Waals surface area contributed by atoms with Gasteiger partial charge in [0.05, 0.1) is 12.9 Å². The van der Waals surface area contributed by atoms with Crippen molar-refractivity contribution in [2.75, 3.05) is 6.61 Å². The van der Waals surface area contributed by atoms with Crippen LogP contribution in [0.5, 0.6) is 0 Å². The van der Waals surface area contributed by atoms with Gasteiger partial charge in [-0.05, 0) is 68.1 Å². The quantitative estimate of drug-likeness (QED) is 0.561. The van der Waals surface area contributed by atoms with Crippen molar-refractivity contribution in [3.63, 3.8) is 0 Å². The Bertz CT molecular complexity index is 312. The molecule has 4 aliphatic rings. The Hall–Kier alpha value is -0.990. The van der Waals surface area contributed by atoms with E-state index in [2.05, 4.69) is 11.3 Å². The van der Waals surface area contributed by atoms with Gasteiger partial charge in [0.2, 0.25) is 0 Å². The number of hydrogen-bond donors (Lipinski definition) is 0. The fourth-order valence-electron chi connectivity index (χ4n) is 5.05. The molecule has 0 spiro atoms. The topological polar surface area (TPSA) is 35.5 Å². The van der Waals surface area contributed by atoms with Gasteiger partial charge in [-0.3, -0.25) is 0 Å². The average molecular weight is 250 g/mol. The summed E-state index contributed by atoms with van der Waals surface area (Å²) in [6.45, 7) is 3.84. The van der Waals surface area contributed by atoms with Crippen molar-refractivity contribution >= 4 is 6.16 Å². The fraction of sp³-hybridized carbons (Fsp3) is 0.800. The van der Waals surface area contributed by atoms with Gasteiger partial charge in [-0.15, -0.1) is 0 Å². The van der Waals surface area contributed by atoms with Crippen molar-refractivity contribution in [1.29, 1.82) is 0 Å². The van der Waals surface area contributed by atoms with Crippen LogP contribution < -0.4 is 0 Å². The molecule has 4 saturated carbocycles. The minimum atomic E-state index is -0.616. The zero-order valence-electron chi connectivity index (χ0n) is 10.9. The normalized spacial score (nSPS) is 40.6. The van der Waals surface area contributed by atoms with E-state index in [1.165, 1.54) is 38.5 Å². The van der Waals surface area contributed by atoms with Crippen molar-refractivity contribution < 1.29 is 14.3 Å². The minimum Gasteiger partial charge on any atom is -0.434 e. The van der Waals surface area contributed by atoms with Crippen LogP contribution in [0.2, 0.25) is 0 Å². The van der Waals surface area contributed by atoms with E-state index in [1.807, 2.05) is 0 Å². The Kier molecular flexibility index (Phi) is 3.08. The van der Waals surface area contributed by atoms with E-state index in [4.69, 9.17) is 4.74 Å². The maximum atomic E-state index is 11.1. The van der Waals surface area contributed by atoms with Gasteiger partial charge in [0, 0.05) is 0 Å². The largest absolute Gasteiger partial charge is 0.513 e. The third-order valence-electron chi connectivity index (χ3n) is 5.20. The van der Waals surface area contributed by atoms with E-state index in [0.717, 1.165) is 30.4 Å². The van der Waals surface area contributed by atoms with E-state index in [1.54, 1.807) is 0 Å². The second-order valence-corrected chi connectivity index (χ2v) is 6.55. The highest BCUT2D eigenvalue weighted by Gasteiger charge is 2.50. The van der Waals surface area contributed by atoms with Crippen LogP contribution in [0.1, 0.15) is 44.9 Å². The SMILES string of the molecule is C=COC(=O)OCCC12CC3CC(CC(C3)C1)C2. The van der Waals surface area contributed by atoms with E-state index in [9.17, 15) is 4.79 Å². The summed E-state index contributed by atoms with van der Waals surface area (Å²) < 4.78 is 9.65. The van der Waals surface area contributed by atoms with Crippen LogP contribution in [0, 0.1) is 23.2 Å². The van der Waals surface area contributed by atoms with Gasteiger partial charge in [0.1, 0.15) is 0 Å². The molecule has 4 bridgehead atoms. The minimum absolute atomic E-state index is 0.475. The summed E-state index contributed by atoms with van der Waals surface area (Å²) in [6, 6.07) is 0. The summed E-state index contributed by atoms with van der Waals surface area (Å²) in [5.41, 5.74) is 0.475. The third kappa shape index (κ3) is 2.27. The van der Waals surface area contributed by atoms with Gasteiger partial charge in [0.15, 0.2) is 0 Å². The number of ether oxygens (including phenoxy) is 2. The summed E-state index contributed by atoms with van der Waals surface area (Å²) in [5, 5.41) is 0. The molecule has 4 rings (SSSR count). The Balaban J connectivity index is 1.53. The summed E-state index contributed by atoms with van der Waals surface area (Å²) in [4.78, 5) is 11.1. The van der Waals surface area contributed by atoms with E-state index < -0.39 is 6.16 Å². The van der Waals surface area contributed by atoms with Crippen LogP contribution in [0.25, 0.3) is 0 Å². The van der Waals surface area contributed by atoms with Gasteiger partial charge < -0.3 is 9.47 Å². The molecule has 0 saturated heterocycles. The zero-order valence-corrected chi connectivity index (χ0v) is 10.9. The predicted molar refractivity (Wildman–Crippen MR) is 67.9 cm³/mol. The summed E-state index contributed by atoms with van der Waals surface area (Å²) in [7, 11) is 0. The van der Waals surface area contributed by atoms with Crippen molar-refractivity contribution in [2.24, 2.45) is 23.2 Å². The van der Waals surface area contributed by atoms with Gasteiger partial charge in [-0.2, -0.15) is 0 Å². The zero-order chi connectivity index (χ0) is 12.6. The van der Waals surface area contributed by atoms with Crippen molar-refractivity contribution in [3.8, 4) is 0 Å². The second-order valence-electron chi connectivity index (χ2n) is 6.55. The smallest absolute Gasteiger partial charge is 0.434 e. The Labute approximate surface area is 109 Å². The molecule has 0 amide bonds. The summed E-state index contributed by atoms with van der Waals surface area (Å²) in [5.74, 6) is 2.86. The fourth-order valence-corrected chi connectivity index (χ4v) is 5.05. The van der Waals surface area contributed by atoms with Gasteiger partial charge in [0.25, 0.3) is 0 Å². The molecule has 0 aromatic carbocycles. The first kappa shape index (κ1) is 12.1. The standard InChI is InChI=1S/C15H22O3/c1-2-17-14(16)18-4-3-15-8-11-5-12(9-15)7-13(6-11)10-15/h2,11-13H,1,3-10H2. The average Bonchev–Trinajstić information content (AvgIpc) is 2.26. The van der Waals surface area contributed by atoms with Gasteiger partial charge >= 0.3 is 6.16 Å². The van der Waals surface area contributed by atoms with Crippen LogP contribution >= 0.6 is 0 Å². The lowest BCUT2D eigenvalue weighted by Gasteiger charge is -2.57. The lowest BCUT2D eigenvalue weighted by atomic mass is 9.49. The molecule has 0 atom stereocenters. The van der Waals surface area contributed by atoms with E-state index in [0.29, 0.717) is 12.0 Å². The Morgan fingerprint density at radius 2 is 1.72 bits per heavy atom. The molecule has 0 N–H and O–H groups in total. The van der Waals surface area contributed by atoms with Crippen LogP contribution in [0.3, 0.4) is 0 Å². The lowest BCUT2D eigenvalue weighted by Crippen LogP contribution is -2.46. The van der Waals surface area contributed by atoms with Crippen molar-refractivity contribution in [2.45, 2.75) is 44.9 Å². The van der Waals surface area contributed by atoms with Gasteiger partial charge in [-0.1, -0.05) is 6.58 Å². The van der Waals surface area contributed by atoms with Crippen LogP contribution in [-0.2, 0) is 9.47 Å². The maximum absolute atomic E-state index is 11.1. The van der Waals surface area contributed by atoms with Crippen molar-refractivity contribution in [1.82, 2.24) is 0 Å². The molecule has 4 aliphatic carbocycles. The molecule has 3 nitrogen and oxygen atoms in total. The van der Waals surface area contributed by atoms with Gasteiger partial charge in [-0.25, -0.2) is 4.79 Å².